The molecule has 1 saturated heterocycles. The van der Waals surface area contributed by atoms with Gasteiger partial charge in [-0.2, -0.15) is 0 Å². The van der Waals surface area contributed by atoms with Crippen molar-refractivity contribution in [1.82, 2.24) is 9.21 Å². The minimum Gasteiger partial charge on any atom is -0.492 e. The van der Waals surface area contributed by atoms with Crippen molar-refractivity contribution in [2.75, 3.05) is 64.1 Å². The number of hydrogen-bond donors (Lipinski definition) is 1. The monoisotopic (exact) mass is 446 g/mol. The van der Waals surface area contributed by atoms with E-state index in [1.807, 2.05) is 25.1 Å². The van der Waals surface area contributed by atoms with E-state index in [1.54, 1.807) is 0 Å². The highest BCUT2D eigenvalue weighted by Gasteiger charge is 2.19. The molecule has 1 fully saturated rings. The zero-order valence-corrected chi connectivity index (χ0v) is 19.3. The number of ether oxygens (including phenoxy) is 1. The number of rotatable bonds is 7. The summed E-state index contributed by atoms with van der Waals surface area (Å²) in [5.41, 5.74) is 2.01. The Morgan fingerprint density at radius 1 is 1.06 bits per heavy atom. The van der Waals surface area contributed by atoms with E-state index in [4.69, 9.17) is 4.74 Å². The molecule has 0 spiro atoms. The summed E-state index contributed by atoms with van der Waals surface area (Å²) in [4.78, 5) is 17.5. The molecule has 1 N–H and O–H groups in total. The molecule has 2 aromatic carbocycles. The maximum absolute atomic E-state index is 12.7. The molecule has 168 valence electrons. The van der Waals surface area contributed by atoms with Crippen LogP contribution in [0.2, 0.25) is 0 Å². The lowest BCUT2D eigenvalue weighted by atomic mass is 10.2. The number of carbonyl (C=O) groups is 1. The number of carbonyl (C=O) groups excluding carboxylic acids is 1. The summed E-state index contributed by atoms with van der Waals surface area (Å²) >= 11 is 0. The highest BCUT2D eigenvalue weighted by molar-refractivity contribution is 7.89. The third-order valence-corrected chi connectivity index (χ3v) is 7.11. The lowest BCUT2D eigenvalue weighted by molar-refractivity contribution is 0.102. The summed E-state index contributed by atoms with van der Waals surface area (Å²) in [7, 11) is 1.52. The molecule has 0 aromatic heterocycles. The quantitative estimate of drug-likeness (QED) is 0.703. The third-order valence-electron chi connectivity index (χ3n) is 5.28. The van der Waals surface area contributed by atoms with Gasteiger partial charge in [0.2, 0.25) is 10.0 Å². The molecule has 1 heterocycles. The van der Waals surface area contributed by atoms with Gasteiger partial charge in [0, 0.05) is 57.6 Å². The first kappa shape index (κ1) is 23.1. The van der Waals surface area contributed by atoms with Gasteiger partial charge < -0.3 is 19.9 Å². The lowest BCUT2D eigenvalue weighted by Gasteiger charge is -2.34. The first-order valence-electron chi connectivity index (χ1n) is 10.3. The molecule has 2 aromatic rings. The van der Waals surface area contributed by atoms with Crippen molar-refractivity contribution in [2.45, 2.75) is 11.8 Å². The fourth-order valence-corrected chi connectivity index (χ4v) is 4.24. The zero-order valence-electron chi connectivity index (χ0n) is 18.5. The highest BCUT2D eigenvalue weighted by Crippen LogP contribution is 2.31. The van der Waals surface area contributed by atoms with Crippen LogP contribution >= 0.6 is 0 Å². The van der Waals surface area contributed by atoms with Crippen LogP contribution in [0.3, 0.4) is 0 Å². The number of likely N-dealkylation sites (N-methyl/N-ethyl adjacent to an activating group) is 1. The predicted octanol–water partition coefficient (Wildman–Crippen LogP) is 2.34. The topological polar surface area (TPSA) is 82.2 Å². The maximum Gasteiger partial charge on any atom is 0.255 e. The fraction of sp³-hybridized carbons (Fsp3) is 0.409. The van der Waals surface area contributed by atoms with E-state index >= 15 is 0 Å². The van der Waals surface area contributed by atoms with Gasteiger partial charge in [0.15, 0.2) is 0 Å². The molecule has 8 nitrogen and oxygen atoms in total. The Labute approximate surface area is 184 Å². The molecule has 1 aliphatic heterocycles. The molecule has 0 saturated carbocycles. The number of sulfonamides is 1. The number of benzene rings is 2. The third kappa shape index (κ3) is 5.36. The van der Waals surface area contributed by atoms with Crippen LogP contribution in [0.15, 0.2) is 47.4 Å². The minimum absolute atomic E-state index is 0.139. The van der Waals surface area contributed by atoms with E-state index in [0.717, 1.165) is 36.2 Å². The second-order valence-electron chi connectivity index (χ2n) is 7.67. The molecule has 1 amide bonds. The van der Waals surface area contributed by atoms with Crippen LogP contribution < -0.4 is 15.0 Å². The Morgan fingerprint density at radius 2 is 1.71 bits per heavy atom. The fourth-order valence-electron chi connectivity index (χ4n) is 3.33. The molecule has 3 rings (SSSR count). The van der Waals surface area contributed by atoms with Crippen molar-refractivity contribution in [3.8, 4) is 5.75 Å². The van der Waals surface area contributed by atoms with Crippen LogP contribution in [0.25, 0.3) is 0 Å². The first-order valence-corrected chi connectivity index (χ1v) is 11.7. The van der Waals surface area contributed by atoms with Crippen molar-refractivity contribution in [3.05, 3.63) is 48.0 Å². The Morgan fingerprint density at radius 3 is 2.29 bits per heavy atom. The minimum atomic E-state index is -3.54. The Hall–Kier alpha value is -2.62. The number of amides is 1. The molecule has 0 aliphatic carbocycles. The van der Waals surface area contributed by atoms with E-state index in [1.165, 1.54) is 38.4 Å². The second-order valence-corrected chi connectivity index (χ2v) is 9.82. The summed E-state index contributed by atoms with van der Waals surface area (Å²) in [6, 6.07) is 11.7. The lowest BCUT2D eigenvalue weighted by Crippen LogP contribution is -2.44. The Bertz CT molecular complexity index is 1010. The molecule has 0 radical (unpaired) electrons. The van der Waals surface area contributed by atoms with Crippen molar-refractivity contribution in [3.63, 3.8) is 0 Å². The number of nitrogens with zero attached hydrogens (tertiary/aromatic N) is 3. The van der Waals surface area contributed by atoms with Gasteiger partial charge >= 0.3 is 0 Å². The zero-order chi connectivity index (χ0) is 22.6. The van der Waals surface area contributed by atoms with Crippen LogP contribution in [0, 0.1) is 0 Å². The number of hydrogen-bond acceptors (Lipinski definition) is 6. The molecular weight excluding hydrogens is 416 g/mol. The first-order chi connectivity index (χ1) is 14.7. The van der Waals surface area contributed by atoms with Crippen LogP contribution in [0.5, 0.6) is 5.75 Å². The van der Waals surface area contributed by atoms with Gasteiger partial charge in [0.05, 0.1) is 17.2 Å². The van der Waals surface area contributed by atoms with Crippen molar-refractivity contribution in [2.24, 2.45) is 0 Å². The average molecular weight is 447 g/mol. The maximum atomic E-state index is 12.7. The predicted molar refractivity (Wildman–Crippen MR) is 123 cm³/mol. The van der Waals surface area contributed by atoms with Gasteiger partial charge in [0.25, 0.3) is 5.91 Å². The van der Waals surface area contributed by atoms with Gasteiger partial charge in [-0.15, -0.1) is 0 Å². The van der Waals surface area contributed by atoms with Crippen LogP contribution in [0.4, 0.5) is 11.4 Å². The van der Waals surface area contributed by atoms with Gasteiger partial charge in [-0.05, 0) is 50.4 Å². The summed E-state index contributed by atoms with van der Waals surface area (Å²) in [5, 5.41) is 2.88. The standard InChI is InChI=1S/C22H30N4O4S/c1-5-30-21-16-18(26-14-12-25(4)13-15-26)8-11-20(21)23-22(27)17-6-9-19(10-7-17)31(28,29)24(2)3/h6-11,16H,5,12-15H2,1-4H3,(H,23,27). The number of anilines is 2. The molecule has 0 unspecified atom stereocenters. The summed E-state index contributed by atoms with van der Waals surface area (Å²) < 4.78 is 31.3. The Balaban J connectivity index is 1.77. The number of nitrogens with one attached hydrogen (secondary N) is 1. The van der Waals surface area contributed by atoms with Crippen LogP contribution in [0.1, 0.15) is 17.3 Å². The van der Waals surface area contributed by atoms with Crippen molar-refractivity contribution < 1.29 is 17.9 Å². The van der Waals surface area contributed by atoms with E-state index < -0.39 is 10.0 Å². The van der Waals surface area contributed by atoms with Crippen LogP contribution in [-0.4, -0.2) is 77.5 Å². The SMILES string of the molecule is CCOc1cc(N2CCN(C)CC2)ccc1NC(=O)c1ccc(S(=O)(=O)N(C)C)cc1. The summed E-state index contributed by atoms with van der Waals surface area (Å²) in [6.45, 7) is 6.26. The van der Waals surface area contributed by atoms with Crippen molar-refractivity contribution >= 4 is 27.3 Å². The molecule has 0 atom stereocenters. The summed E-state index contributed by atoms with van der Waals surface area (Å²) in [5.74, 6) is 0.279. The van der Waals surface area contributed by atoms with E-state index in [0.29, 0.717) is 23.6 Å². The molecule has 1 aliphatic rings. The summed E-state index contributed by atoms with van der Waals surface area (Å²) in [6.07, 6.45) is 0. The van der Waals surface area contributed by atoms with E-state index in [-0.39, 0.29) is 10.8 Å². The van der Waals surface area contributed by atoms with E-state index in [2.05, 4.69) is 22.2 Å². The largest absolute Gasteiger partial charge is 0.492 e. The van der Waals surface area contributed by atoms with Gasteiger partial charge in [0.1, 0.15) is 5.75 Å². The van der Waals surface area contributed by atoms with Gasteiger partial charge in [-0.3, -0.25) is 4.79 Å². The van der Waals surface area contributed by atoms with E-state index in [9.17, 15) is 13.2 Å². The second kappa shape index (κ2) is 9.67. The molecule has 9 heteroatoms. The van der Waals surface area contributed by atoms with Crippen molar-refractivity contribution in [1.29, 1.82) is 0 Å². The number of piperazine rings is 1. The van der Waals surface area contributed by atoms with Gasteiger partial charge in [-0.1, -0.05) is 0 Å². The molecule has 0 bridgehead atoms. The van der Waals surface area contributed by atoms with Crippen LogP contribution in [-0.2, 0) is 10.0 Å². The molecule has 31 heavy (non-hydrogen) atoms. The Kier molecular flexibility index (Phi) is 7.19. The molecular formula is C22H30N4O4S. The smallest absolute Gasteiger partial charge is 0.255 e. The van der Waals surface area contributed by atoms with Gasteiger partial charge in [-0.25, -0.2) is 12.7 Å². The highest BCUT2D eigenvalue weighted by atomic mass is 32.2. The normalized spacial score (nSPS) is 15.2. The average Bonchev–Trinajstić information content (AvgIpc) is 2.75.